The van der Waals surface area contributed by atoms with Gasteiger partial charge in [-0.15, -0.1) is 0 Å². The Kier molecular flexibility index (Phi) is 4.89. The number of hydrogen-bond acceptors (Lipinski definition) is 5. The number of ether oxygens (including phenoxy) is 1. The standard InChI is InChI=1S/C21H19N3O4/c25-18(12-17-15-8-4-5-9-16(15)20(26)24-23-17)28-19(13-6-2-1-3-7-13)21(27)22-14-10-11-14/h1-9,14,19H,10-12H2,(H,22,27)(H,24,26)/t19-/m0/s1. The summed E-state index contributed by atoms with van der Waals surface area (Å²) in [7, 11) is 0. The summed E-state index contributed by atoms with van der Waals surface area (Å²) in [4.78, 5) is 37.1. The van der Waals surface area contributed by atoms with Gasteiger partial charge in [-0.2, -0.15) is 5.10 Å². The van der Waals surface area contributed by atoms with Gasteiger partial charge >= 0.3 is 5.97 Å². The molecule has 0 spiro atoms. The topological polar surface area (TPSA) is 101 Å². The van der Waals surface area contributed by atoms with Gasteiger partial charge in [0.2, 0.25) is 6.10 Å². The summed E-state index contributed by atoms with van der Waals surface area (Å²) < 4.78 is 5.53. The van der Waals surface area contributed by atoms with Crippen LogP contribution in [0, 0.1) is 0 Å². The highest BCUT2D eigenvalue weighted by Gasteiger charge is 2.31. The van der Waals surface area contributed by atoms with E-state index in [1.807, 2.05) is 6.07 Å². The third kappa shape index (κ3) is 3.93. The fourth-order valence-electron chi connectivity index (χ4n) is 3.02. The van der Waals surface area contributed by atoms with E-state index in [0.717, 1.165) is 12.8 Å². The summed E-state index contributed by atoms with van der Waals surface area (Å²) in [5.41, 5.74) is 0.682. The molecule has 0 aliphatic heterocycles. The quantitative estimate of drug-likeness (QED) is 0.640. The largest absolute Gasteiger partial charge is 0.447 e. The number of esters is 1. The smallest absolute Gasteiger partial charge is 0.313 e. The normalized spacial score (nSPS) is 14.4. The number of aromatic amines is 1. The predicted molar refractivity (Wildman–Crippen MR) is 103 cm³/mol. The van der Waals surface area contributed by atoms with Crippen LogP contribution in [0.15, 0.2) is 59.4 Å². The van der Waals surface area contributed by atoms with Crippen molar-refractivity contribution < 1.29 is 14.3 Å². The molecule has 1 fully saturated rings. The van der Waals surface area contributed by atoms with E-state index >= 15 is 0 Å². The van der Waals surface area contributed by atoms with Gasteiger partial charge in [0.15, 0.2) is 0 Å². The third-order valence-electron chi connectivity index (χ3n) is 4.60. The molecule has 1 aliphatic carbocycles. The summed E-state index contributed by atoms with van der Waals surface area (Å²) in [5.74, 6) is -0.925. The molecule has 1 aliphatic rings. The van der Waals surface area contributed by atoms with Crippen molar-refractivity contribution in [1.82, 2.24) is 15.5 Å². The molecule has 1 amide bonds. The zero-order chi connectivity index (χ0) is 19.5. The number of nitrogens with zero attached hydrogens (tertiary/aromatic N) is 1. The average Bonchev–Trinajstić information content (AvgIpc) is 3.53. The Morgan fingerprint density at radius 2 is 1.75 bits per heavy atom. The fourth-order valence-corrected chi connectivity index (χ4v) is 3.02. The Morgan fingerprint density at radius 1 is 1.07 bits per heavy atom. The van der Waals surface area contributed by atoms with Crippen molar-refractivity contribution in [1.29, 1.82) is 0 Å². The number of H-pyrrole nitrogens is 1. The van der Waals surface area contributed by atoms with E-state index in [-0.39, 0.29) is 23.9 Å². The number of aromatic nitrogens is 2. The summed E-state index contributed by atoms with van der Waals surface area (Å²) >= 11 is 0. The minimum Gasteiger partial charge on any atom is -0.447 e. The van der Waals surface area contributed by atoms with E-state index in [9.17, 15) is 14.4 Å². The Bertz CT molecular complexity index is 1070. The van der Waals surface area contributed by atoms with Crippen LogP contribution in [-0.4, -0.2) is 28.1 Å². The zero-order valence-electron chi connectivity index (χ0n) is 15.1. The number of rotatable bonds is 6. The van der Waals surface area contributed by atoms with E-state index in [0.29, 0.717) is 22.0 Å². The Hall–Kier alpha value is -3.48. The molecule has 1 atom stereocenters. The molecule has 2 N–H and O–H groups in total. The van der Waals surface area contributed by atoms with Crippen molar-refractivity contribution >= 4 is 22.6 Å². The van der Waals surface area contributed by atoms with Crippen molar-refractivity contribution in [2.45, 2.75) is 31.4 Å². The lowest BCUT2D eigenvalue weighted by Crippen LogP contribution is -2.34. The third-order valence-corrected chi connectivity index (χ3v) is 4.60. The number of carbonyl (C=O) groups is 2. The van der Waals surface area contributed by atoms with E-state index in [1.165, 1.54) is 0 Å². The van der Waals surface area contributed by atoms with Crippen LogP contribution in [0.2, 0.25) is 0 Å². The number of amides is 1. The molecule has 142 valence electrons. The van der Waals surface area contributed by atoms with Crippen LogP contribution >= 0.6 is 0 Å². The molecule has 7 heteroatoms. The number of hydrogen-bond donors (Lipinski definition) is 2. The highest BCUT2D eigenvalue weighted by Crippen LogP contribution is 2.24. The highest BCUT2D eigenvalue weighted by atomic mass is 16.5. The second-order valence-corrected chi connectivity index (χ2v) is 6.79. The minimum atomic E-state index is -1.02. The zero-order valence-corrected chi connectivity index (χ0v) is 15.1. The summed E-state index contributed by atoms with van der Waals surface area (Å²) in [6.45, 7) is 0. The lowest BCUT2D eigenvalue weighted by Gasteiger charge is -2.18. The first-order chi connectivity index (χ1) is 13.6. The second-order valence-electron chi connectivity index (χ2n) is 6.79. The maximum absolute atomic E-state index is 12.6. The van der Waals surface area contributed by atoms with Crippen LogP contribution in [0.3, 0.4) is 0 Å². The van der Waals surface area contributed by atoms with Crippen LogP contribution < -0.4 is 10.9 Å². The Labute approximate surface area is 160 Å². The molecule has 0 radical (unpaired) electrons. The molecule has 1 heterocycles. The lowest BCUT2D eigenvalue weighted by atomic mass is 10.1. The molecule has 7 nitrogen and oxygen atoms in total. The monoisotopic (exact) mass is 377 g/mol. The molecular formula is C21H19N3O4. The van der Waals surface area contributed by atoms with Crippen molar-refractivity contribution in [3.05, 3.63) is 76.2 Å². The predicted octanol–water partition coefficient (Wildman–Crippen LogP) is 2.03. The first kappa shape index (κ1) is 17.9. The van der Waals surface area contributed by atoms with Gasteiger partial charge in [-0.25, -0.2) is 5.10 Å². The van der Waals surface area contributed by atoms with Gasteiger partial charge in [-0.1, -0.05) is 48.5 Å². The number of nitrogens with one attached hydrogen (secondary N) is 2. The number of carbonyl (C=O) groups excluding carboxylic acids is 2. The molecule has 1 aromatic heterocycles. The van der Waals surface area contributed by atoms with Crippen LogP contribution in [0.1, 0.15) is 30.2 Å². The van der Waals surface area contributed by atoms with Crippen molar-refractivity contribution in [2.24, 2.45) is 0 Å². The van der Waals surface area contributed by atoms with Crippen molar-refractivity contribution in [2.75, 3.05) is 0 Å². The molecule has 28 heavy (non-hydrogen) atoms. The van der Waals surface area contributed by atoms with E-state index in [1.54, 1.807) is 48.5 Å². The van der Waals surface area contributed by atoms with E-state index in [4.69, 9.17) is 4.74 Å². The molecule has 4 rings (SSSR count). The van der Waals surface area contributed by atoms with Crippen LogP contribution in [-0.2, 0) is 20.7 Å². The maximum Gasteiger partial charge on any atom is 0.313 e. The first-order valence-electron chi connectivity index (χ1n) is 9.13. The van der Waals surface area contributed by atoms with Gasteiger partial charge in [0.05, 0.1) is 17.5 Å². The number of fused-ring (bicyclic) bond motifs is 1. The highest BCUT2D eigenvalue weighted by molar-refractivity contribution is 5.89. The maximum atomic E-state index is 12.6. The van der Waals surface area contributed by atoms with Crippen molar-refractivity contribution in [3.63, 3.8) is 0 Å². The van der Waals surface area contributed by atoms with Gasteiger partial charge in [0, 0.05) is 17.0 Å². The van der Waals surface area contributed by atoms with Gasteiger partial charge in [-0.05, 0) is 18.9 Å². The first-order valence-corrected chi connectivity index (χ1v) is 9.13. The Balaban J connectivity index is 1.56. The second kappa shape index (κ2) is 7.64. The SMILES string of the molecule is O=C(Cc1n[nH]c(=O)c2ccccc12)O[C@H](C(=O)NC1CC1)c1ccccc1. The average molecular weight is 377 g/mol. The van der Waals surface area contributed by atoms with Crippen molar-refractivity contribution in [3.8, 4) is 0 Å². The molecule has 0 bridgehead atoms. The molecular weight excluding hydrogens is 358 g/mol. The fraction of sp³-hybridized carbons (Fsp3) is 0.238. The molecule has 3 aromatic rings. The van der Waals surface area contributed by atoms with Crippen LogP contribution in [0.4, 0.5) is 0 Å². The molecule has 0 unspecified atom stereocenters. The lowest BCUT2D eigenvalue weighted by molar-refractivity contribution is -0.156. The molecule has 1 saturated carbocycles. The summed E-state index contributed by atoms with van der Waals surface area (Å²) in [6.07, 6.45) is 0.698. The van der Waals surface area contributed by atoms with Gasteiger partial charge in [-0.3, -0.25) is 14.4 Å². The van der Waals surface area contributed by atoms with Gasteiger partial charge in [0.25, 0.3) is 11.5 Å². The van der Waals surface area contributed by atoms with E-state index < -0.39 is 12.1 Å². The molecule has 0 saturated heterocycles. The minimum absolute atomic E-state index is 0.155. The Morgan fingerprint density at radius 3 is 2.46 bits per heavy atom. The van der Waals surface area contributed by atoms with Crippen LogP contribution in [0.25, 0.3) is 10.8 Å². The van der Waals surface area contributed by atoms with Gasteiger partial charge in [0.1, 0.15) is 0 Å². The number of benzene rings is 2. The van der Waals surface area contributed by atoms with Crippen LogP contribution in [0.5, 0.6) is 0 Å². The summed E-state index contributed by atoms with van der Waals surface area (Å²) in [5, 5.41) is 10.3. The van der Waals surface area contributed by atoms with E-state index in [2.05, 4.69) is 15.5 Å². The van der Waals surface area contributed by atoms with Gasteiger partial charge < -0.3 is 10.1 Å². The summed E-state index contributed by atoms with van der Waals surface area (Å²) in [6, 6.07) is 16.0. The molecule has 2 aromatic carbocycles.